The number of rotatable bonds is 5. The molecule has 0 aliphatic heterocycles. The Morgan fingerprint density at radius 1 is 0.923 bits per heavy atom. The standard InChI is InChI=1S/C23H22N2S/c1-2-3-10-18-15-19-22(21(24)20(18)16-11-6-4-7-12-16)26-23(25-19)17-13-8-5-9-14-17/h4-9,11-15H,2-3,10,24H2,1H3. The van der Waals surface area contributed by atoms with Gasteiger partial charge in [0.15, 0.2) is 0 Å². The summed E-state index contributed by atoms with van der Waals surface area (Å²) in [5, 5.41) is 1.03. The maximum absolute atomic E-state index is 6.69. The van der Waals surface area contributed by atoms with Crippen LogP contribution in [0.1, 0.15) is 25.3 Å². The highest BCUT2D eigenvalue weighted by Gasteiger charge is 2.17. The van der Waals surface area contributed by atoms with Crippen LogP contribution >= 0.6 is 11.3 Å². The van der Waals surface area contributed by atoms with E-state index in [1.807, 2.05) is 24.3 Å². The van der Waals surface area contributed by atoms with Gasteiger partial charge in [-0.25, -0.2) is 4.98 Å². The molecule has 0 radical (unpaired) electrons. The van der Waals surface area contributed by atoms with Crippen LogP contribution in [0.3, 0.4) is 0 Å². The van der Waals surface area contributed by atoms with Gasteiger partial charge in [-0.05, 0) is 30.0 Å². The van der Waals surface area contributed by atoms with Crippen LogP contribution in [0.15, 0.2) is 66.7 Å². The third-order valence-electron chi connectivity index (χ3n) is 4.68. The van der Waals surface area contributed by atoms with Crippen LogP contribution in [0.5, 0.6) is 0 Å². The molecule has 2 N–H and O–H groups in total. The minimum atomic E-state index is 0.861. The van der Waals surface area contributed by atoms with Crippen molar-refractivity contribution in [2.24, 2.45) is 0 Å². The van der Waals surface area contributed by atoms with Gasteiger partial charge in [0.05, 0.1) is 15.9 Å². The number of hydrogen-bond donors (Lipinski definition) is 1. The molecule has 0 saturated carbocycles. The lowest BCUT2D eigenvalue weighted by Gasteiger charge is -2.13. The maximum atomic E-state index is 6.69. The maximum Gasteiger partial charge on any atom is 0.124 e. The SMILES string of the molecule is CCCCc1cc2nc(-c3ccccc3)sc2c(N)c1-c1ccccc1. The van der Waals surface area contributed by atoms with Crippen molar-refractivity contribution in [3.05, 3.63) is 72.3 Å². The smallest absolute Gasteiger partial charge is 0.124 e. The second-order valence-electron chi connectivity index (χ2n) is 6.53. The molecular weight excluding hydrogens is 336 g/mol. The average Bonchev–Trinajstić information content (AvgIpc) is 3.12. The third-order valence-corrected chi connectivity index (χ3v) is 5.84. The fraction of sp³-hybridized carbons (Fsp3) is 0.174. The lowest BCUT2D eigenvalue weighted by molar-refractivity contribution is 0.797. The van der Waals surface area contributed by atoms with E-state index >= 15 is 0 Å². The van der Waals surface area contributed by atoms with Gasteiger partial charge in [0.2, 0.25) is 0 Å². The molecule has 4 aromatic rings. The van der Waals surface area contributed by atoms with Crippen molar-refractivity contribution >= 4 is 27.2 Å². The number of benzene rings is 3. The van der Waals surface area contributed by atoms with Crippen molar-refractivity contribution in [1.29, 1.82) is 0 Å². The first kappa shape index (κ1) is 16.8. The lowest BCUT2D eigenvalue weighted by Crippen LogP contribution is -1.97. The van der Waals surface area contributed by atoms with E-state index in [0.29, 0.717) is 0 Å². The second kappa shape index (κ2) is 7.30. The number of thiazole rings is 1. The molecule has 0 aliphatic rings. The Morgan fingerprint density at radius 3 is 2.23 bits per heavy atom. The summed E-state index contributed by atoms with van der Waals surface area (Å²) in [5.41, 5.74) is 13.4. The molecule has 0 spiro atoms. The molecule has 1 aromatic heterocycles. The van der Waals surface area contributed by atoms with Crippen molar-refractivity contribution in [3.63, 3.8) is 0 Å². The van der Waals surface area contributed by atoms with Crippen molar-refractivity contribution in [1.82, 2.24) is 4.98 Å². The van der Waals surface area contributed by atoms with Crippen LogP contribution in [0.2, 0.25) is 0 Å². The fourth-order valence-electron chi connectivity index (χ4n) is 3.36. The fourth-order valence-corrected chi connectivity index (χ4v) is 4.37. The zero-order valence-electron chi connectivity index (χ0n) is 14.9. The van der Waals surface area contributed by atoms with E-state index < -0.39 is 0 Å². The zero-order valence-corrected chi connectivity index (χ0v) is 15.7. The van der Waals surface area contributed by atoms with E-state index in [2.05, 4.69) is 49.4 Å². The average molecular weight is 359 g/mol. The largest absolute Gasteiger partial charge is 0.397 e. The van der Waals surface area contributed by atoms with Gasteiger partial charge in [-0.3, -0.25) is 0 Å². The summed E-state index contributed by atoms with van der Waals surface area (Å²) in [6.07, 6.45) is 3.35. The molecule has 3 heteroatoms. The van der Waals surface area contributed by atoms with Gasteiger partial charge in [0.25, 0.3) is 0 Å². The number of aromatic nitrogens is 1. The molecule has 26 heavy (non-hydrogen) atoms. The molecule has 0 fully saturated rings. The highest BCUT2D eigenvalue weighted by atomic mass is 32.1. The van der Waals surface area contributed by atoms with Gasteiger partial charge in [0, 0.05) is 11.1 Å². The summed E-state index contributed by atoms with van der Waals surface area (Å²) in [6, 6.07) is 23.1. The predicted octanol–water partition coefficient (Wildman–Crippen LogP) is 6.56. The highest BCUT2D eigenvalue weighted by molar-refractivity contribution is 7.22. The summed E-state index contributed by atoms with van der Waals surface area (Å²) >= 11 is 1.68. The summed E-state index contributed by atoms with van der Waals surface area (Å²) in [7, 11) is 0. The van der Waals surface area contributed by atoms with Crippen molar-refractivity contribution in [2.75, 3.05) is 5.73 Å². The Kier molecular flexibility index (Phi) is 4.72. The summed E-state index contributed by atoms with van der Waals surface area (Å²) in [4.78, 5) is 4.89. The number of fused-ring (bicyclic) bond motifs is 1. The van der Waals surface area contributed by atoms with E-state index in [-0.39, 0.29) is 0 Å². The zero-order chi connectivity index (χ0) is 17.9. The molecule has 0 atom stereocenters. The Balaban J connectivity index is 1.92. The quantitative estimate of drug-likeness (QED) is 0.411. The Bertz CT molecular complexity index is 1020. The van der Waals surface area contributed by atoms with E-state index in [1.165, 1.54) is 23.1 Å². The van der Waals surface area contributed by atoms with Crippen molar-refractivity contribution in [3.8, 4) is 21.7 Å². The van der Waals surface area contributed by atoms with Crippen LogP contribution < -0.4 is 5.73 Å². The molecule has 130 valence electrons. The Hall–Kier alpha value is -2.65. The number of unbranched alkanes of at least 4 members (excludes halogenated alkanes) is 1. The van der Waals surface area contributed by atoms with E-state index in [0.717, 1.165) is 39.3 Å². The van der Waals surface area contributed by atoms with Gasteiger partial charge in [-0.15, -0.1) is 11.3 Å². The first-order valence-corrected chi connectivity index (χ1v) is 9.92. The number of hydrogen-bond acceptors (Lipinski definition) is 3. The number of nitrogens with zero attached hydrogens (tertiary/aromatic N) is 1. The number of anilines is 1. The second-order valence-corrected chi connectivity index (χ2v) is 7.53. The van der Waals surface area contributed by atoms with Gasteiger partial charge < -0.3 is 5.73 Å². The topological polar surface area (TPSA) is 38.9 Å². The van der Waals surface area contributed by atoms with E-state index in [4.69, 9.17) is 10.7 Å². The van der Waals surface area contributed by atoms with Gasteiger partial charge in [-0.2, -0.15) is 0 Å². The van der Waals surface area contributed by atoms with Crippen LogP contribution in [-0.2, 0) is 6.42 Å². The van der Waals surface area contributed by atoms with Crippen molar-refractivity contribution in [2.45, 2.75) is 26.2 Å². The van der Waals surface area contributed by atoms with Crippen LogP contribution in [0.4, 0.5) is 5.69 Å². The first-order chi connectivity index (χ1) is 12.8. The molecule has 0 amide bonds. The normalized spacial score (nSPS) is 11.1. The summed E-state index contributed by atoms with van der Waals surface area (Å²) in [6.45, 7) is 2.22. The van der Waals surface area contributed by atoms with Gasteiger partial charge in [0.1, 0.15) is 5.01 Å². The molecule has 4 rings (SSSR count). The lowest BCUT2D eigenvalue weighted by atomic mass is 9.94. The summed E-state index contributed by atoms with van der Waals surface area (Å²) < 4.78 is 1.09. The van der Waals surface area contributed by atoms with Gasteiger partial charge in [-0.1, -0.05) is 74.0 Å². The monoisotopic (exact) mass is 358 g/mol. The van der Waals surface area contributed by atoms with Gasteiger partial charge >= 0.3 is 0 Å². The molecule has 2 nitrogen and oxygen atoms in total. The minimum Gasteiger partial charge on any atom is -0.397 e. The molecule has 0 unspecified atom stereocenters. The molecule has 0 aliphatic carbocycles. The Labute approximate surface area is 158 Å². The highest BCUT2D eigenvalue weighted by Crippen LogP contribution is 2.41. The van der Waals surface area contributed by atoms with Crippen molar-refractivity contribution < 1.29 is 0 Å². The van der Waals surface area contributed by atoms with Crippen LogP contribution in [-0.4, -0.2) is 4.98 Å². The van der Waals surface area contributed by atoms with Crippen LogP contribution in [0.25, 0.3) is 31.9 Å². The molecule has 0 bridgehead atoms. The minimum absolute atomic E-state index is 0.861. The predicted molar refractivity (Wildman–Crippen MR) is 114 cm³/mol. The van der Waals surface area contributed by atoms with E-state index in [9.17, 15) is 0 Å². The molecule has 3 aromatic carbocycles. The van der Waals surface area contributed by atoms with E-state index in [1.54, 1.807) is 11.3 Å². The first-order valence-electron chi connectivity index (χ1n) is 9.10. The molecule has 0 saturated heterocycles. The number of nitrogens with two attached hydrogens (primary N) is 1. The number of nitrogen functional groups attached to an aromatic ring is 1. The Morgan fingerprint density at radius 2 is 1.58 bits per heavy atom. The summed E-state index contributed by atoms with van der Waals surface area (Å²) in [5.74, 6) is 0. The van der Waals surface area contributed by atoms with Crippen LogP contribution in [0, 0.1) is 0 Å². The molecular formula is C23H22N2S. The number of aryl methyl sites for hydroxylation is 1. The molecule has 1 heterocycles. The third kappa shape index (κ3) is 3.11.